The minimum atomic E-state index is 0.609. The van der Waals surface area contributed by atoms with Crippen molar-refractivity contribution in [1.29, 1.82) is 0 Å². The molecule has 0 radical (unpaired) electrons. The first kappa shape index (κ1) is 10.7. The second kappa shape index (κ2) is 4.35. The number of rotatable bonds is 3. The van der Waals surface area contributed by atoms with E-state index in [0.717, 1.165) is 22.0 Å². The molecule has 0 saturated heterocycles. The Labute approximate surface area is 98.4 Å². The number of halogens is 1. The van der Waals surface area contributed by atoms with Gasteiger partial charge in [-0.05, 0) is 37.5 Å². The fraction of sp³-hybridized carbons (Fsp3) is 0.417. The fourth-order valence-electron chi connectivity index (χ4n) is 1.89. The van der Waals surface area contributed by atoms with Crippen molar-refractivity contribution < 1.29 is 4.79 Å². The Morgan fingerprint density at radius 3 is 2.73 bits per heavy atom. The number of benzene rings is 1. The number of anilines is 1. The molecule has 0 N–H and O–H groups in total. The average Bonchev–Trinajstić information content (AvgIpc) is 2.15. The van der Waals surface area contributed by atoms with E-state index in [4.69, 9.17) is 0 Å². The summed E-state index contributed by atoms with van der Waals surface area (Å²) in [5.74, 6) is 0. The molecule has 0 bridgehead atoms. The van der Waals surface area contributed by atoms with Gasteiger partial charge in [0.05, 0.1) is 0 Å². The highest BCUT2D eigenvalue weighted by atomic mass is 79.9. The zero-order chi connectivity index (χ0) is 10.8. The van der Waals surface area contributed by atoms with E-state index in [-0.39, 0.29) is 0 Å². The summed E-state index contributed by atoms with van der Waals surface area (Å²) < 4.78 is 1.02. The number of carbonyl (C=O) groups is 1. The summed E-state index contributed by atoms with van der Waals surface area (Å²) in [6.07, 6.45) is 4.71. The van der Waals surface area contributed by atoms with Crippen LogP contribution in [0.4, 0.5) is 5.69 Å². The van der Waals surface area contributed by atoms with Gasteiger partial charge in [0, 0.05) is 28.8 Å². The molecule has 0 aromatic heterocycles. The van der Waals surface area contributed by atoms with Crippen molar-refractivity contribution in [3.8, 4) is 0 Å². The maximum atomic E-state index is 10.9. The van der Waals surface area contributed by atoms with Crippen molar-refractivity contribution >= 4 is 27.9 Å². The molecule has 1 aliphatic carbocycles. The van der Waals surface area contributed by atoms with Crippen LogP contribution in [0.15, 0.2) is 22.7 Å². The van der Waals surface area contributed by atoms with E-state index in [2.05, 4.69) is 27.9 Å². The SMILES string of the molecule is CN(c1cc(Br)ccc1C=O)C1CCC1. The van der Waals surface area contributed by atoms with E-state index in [9.17, 15) is 4.79 Å². The van der Waals surface area contributed by atoms with Gasteiger partial charge in [-0.3, -0.25) is 4.79 Å². The van der Waals surface area contributed by atoms with Gasteiger partial charge >= 0.3 is 0 Å². The lowest BCUT2D eigenvalue weighted by molar-refractivity contribution is 0.112. The van der Waals surface area contributed by atoms with Gasteiger partial charge in [-0.15, -0.1) is 0 Å². The second-order valence-corrected chi connectivity index (χ2v) is 4.93. The van der Waals surface area contributed by atoms with Crippen molar-refractivity contribution in [1.82, 2.24) is 0 Å². The van der Waals surface area contributed by atoms with Crippen molar-refractivity contribution in [3.05, 3.63) is 28.2 Å². The maximum Gasteiger partial charge on any atom is 0.152 e. The Balaban J connectivity index is 2.31. The van der Waals surface area contributed by atoms with Crippen LogP contribution in [0.1, 0.15) is 29.6 Å². The number of hydrogen-bond acceptors (Lipinski definition) is 2. The zero-order valence-electron chi connectivity index (χ0n) is 8.74. The Morgan fingerprint density at radius 1 is 1.47 bits per heavy atom. The molecule has 2 rings (SSSR count). The summed E-state index contributed by atoms with van der Waals surface area (Å²) >= 11 is 3.44. The van der Waals surface area contributed by atoms with Gasteiger partial charge in [-0.2, -0.15) is 0 Å². The molecule has 3 heteroatoms. The largest absolute Gasteiger partial charge is 0.371 e. The highest BCUT2D eigenvalue weighted by Crippen LogP contribution is 2.31. The van der Waals surface area contributed by atoms with E-state index in [1.165, 1.54) is 19.3 Å². The molecule has 0 spiro atoms. The van der Waals surface area contributed by atoms with Gasteiger partial charge in [-0.1, -0.05) is 15.9 Å². The highest BCUT2D eigenvalue weighted by molar-refractivity contribution is 9.10. The molecule has 0 unspecified atom stereocenters. The molecular formula is C12H14BrNO. The highest BCUT2D eigenvalue weighted by Gasteiger charge is 2.23. The summed E-state index contributed by atoms with van der Waals surface area (Å²) in [5.41, 5.74) is 1.80. The predicted molar refractivity (Wildman–Crippen MR) is 65.6 cm³/mol. The smallest absolute Gasteiger partial charge is 0.152 e. The van der Waals surface area contributed by atoms with Crippen LogP contribution in [0.25, 0.3) is 0 Å². The van der Waals surface area contributed by atoms with Crippen LogP contribution in [0.3, 0.4) is 0 Å². The lowest BCUT2D eigenvalue weighted by Crippen LogP contribution is -2.37. The first-order chi connectivity index (χ1) is 7.22. The number of nitrogens with zero attached hydrogens (tertiary/aromatic N) is 1. The molecule has 0 atom stereocenters. The standard InChI is InChI=1S/C12H14BrNO/c1-14(11-3-2-4-11)12-7-10(13)6-5-9(12)8-15/h5-8,11H,2-4H2,1H3. The molecule has 0 amide bonds. The molecule has 1 aliphatic rings. The third-order valence-corrected chi connectivity index (χ3v) is 3.62. The Bertz CT molecular complexity index is 374. The van der Waals surface area contributed by atoms with Crippen LogP contribution in [0.5, 0.6) is 0 Å². The quantitative estimate of drug-likeness (QED) is 0.784. The van der Waals surface area contributed by atoms with Gasteiger partial charge in [0.1, 0.15) is 0 Å². The minimum Gasteiger partial charge on any atom is -0.371 e. The van der Waals surface area contributed by atoms with Gasteiger partial charge in [-0.25, -0.2) is 0 Å². The van der Waals surface area contributed by atoms with Gasteiger partial charge < -0.3 is 4.90 Å². The molecule has 15 heavy (non-hydrogen) atoms. The molecule has 0 heterocycles. The Kier molecular flexibility index (Phi) is 3.10. The summed E-state index contributed by atoms with van der Waals surface area (Å²) in [6, 6.07) is 6.39. The number of hydrogen-bond donors (Lipinski definition) is 0. The predicted octanol–water partition coefficient (Wildman–Crippen LogP) is 3.25. The van der Waals surface area contributed by atoms with E-state index < -0.39 is 0 Å². The third kappa shape index (κ3) is 2.07. The van der Waals surface area contributed by atoms with Gasteiger partial charge in [0.15, 0.2) is 6.29 Å². The van der Waals surface area contributed by atoms with Gasteiger partial charge in [0.2, 0.25) is 0 Å². The summed E-state index contributed by atoms with van der Waals surface area (Å²) in [5, 5.41) is 0. The van der Waals surface area contributed by atoms with E-state index >= 15 is 0 Å². The van der Waals surface area contributed by atoms with Crippen molar-refractivity contribution in [2.45, 2.75) is 25.3 Å². The van der Waals surface area contributed by atoms with E-state index in [0.29, 0.717) is 6.04 Å². The third-order valence-electron chi connectivity index (χ3n) is 3.12. The molecule has 2 nitrogen and oxygen atoms in total. The van der Waals surface area contributed by atoms with Crippen molar-refractivity contribution in [3.63, 3.8) is 0 Å². The first-order valence-electron chi connectivity index (χ1n) is 5.20. The van der Waals surface area contributed by atoms with Crippen LogP contribution < -0.4 is 4.90 Å². The molecular weight excluding hydrogens is 254 g/mol. The molecule has 1 fully saturated rings. The first-order valence-corrected chi connectivity index (χ1v) is 5.99. The van der Waals surface area contributed by atoms with Crippen LogP contribution in [0, 0.1) is 0 Å². The van der Waals surface area contributed by atoms with Gasteiger partial charge in [0.25, 0.3) is 0 Å². The summed E-state index contributed by atoms with van der Waals surface area (Å²) in [6.45, 7) is 0. The lowest BCUT2D eigenvalue weighted by Gasteiger charge is -2.37. The molecule has 80 valence electrons. The number of carbonyl (C=O) groups excluding carboxylic acids is 1. The lowest BCUT2D eigenvalue weighted by atomic mass is 9.91. The summed E-state index contributed by atoms with van der Waals surface area (Å²) in [4.78, 5) is 13.2. The maximum absolute atomic E-state index is 10.9. The second-order valence-electron chi connectivity index (χ2n) is 4.02. The van der Waals surface area contributed by atoms with Crippen molar-refractivity contribution in [2.24, 2.45) is 0 Å². The van der Waals surface area contributed by atoms with Crippen LogP contribution in [0.2, 0.25) is 0 Å². The van der Waals surface area contributed by atoms with Crippen LogP contribution in [-0.4, -0.2) is 19.4 Å². The monoisotopic (exact) mass is 267 g/mol. The van der Waals surface area contributed by atoms with Crippen molar-refractivity contribution in [2.75, 3.05) is 11.9 Å². The van der Waals surface area contributed by atoms with E-state index in [1.807, 2.05) is 18.2 Å². The van der Waals surface area contributed by atoms with Crippen LogP contribution >= 0.6 is 15.9 Å². The molecule has 0 aliphatic heterocycles. The molecule has 1 aromatic rings. The normalized spacial score (nSPS) is 15.9. The average molecular weight is 268 g/mol. The Hall–Kier alpha value is -0.830. The molecule has 1 aromatic carbocycles. The zero-order valence-corrected chi connectivity index (χ0v) is 10.3. The number of aldehydes is 1. The van der Waals surface area contributed by atoms with E-state index in [1.54, 1.807) is 0 Å². The molecule has 1 saturated carbocycles. The minimum absolute atomic E-state index is 0.609. The van der Waals surface area contributed by atoms with Crippen LogP contribution in [-0.2, 0) is 0 Å². The Morgan fingerprint density at radius 2 is 2.20 bits per heavy atom. The topological polar surface area (TPSA) is 20.3 Å². The summed E-state index contributed by atoms with van der Waals surface area (Å²) in [7, 11) is 2.07. The fourth-order valence-corrected chi connectivity index (χ4v) is 2.24.